The van der Waals surface area contributed by atoms with Gasteiger partial charge in [-0.3, -0.25) is 4.79 Å². The van der Waals surface area contributed by atoms with Gasteiger partial charge in [0.05, 0.1) is 10.7 Å². The maximum atomic E-state index is 11.7. The Morgan fingerprint density at radius 2 is 1.83 bits per heavy atom. The Labute approximate surface area is 146 Å². The predicted molar refractivity (Wildman–Crippen MR) is 90.7 cm³/mol. The number of hydrogen-bond donors (Lipinski definition) is 1. The van der Waals surface area contributed by atoms with E-state index in [9.17, 15) is 9.59 Å². The van der Waals surface area contributed by atoms with E-state index in [4.69, 9.17) is 21.1 Å². The topological polar surface area (TPSA) is 64.6 Å². The van der Waals surface area contributed by atoms with Crippen molar-refractivity contribution >= 4 is 45.1 Å². The molecule has 0 unspecified atom stereocenters. The summed E-state index contributed by atoms with van der Waals surface area (Å²) in [5, 5.41) is 2.94. The van der Waals surface area contributed by atoms with Crippen molar-refractivity contribution in [1.82, 2.24) is 0 Å². The molecule has 0 spiro atoms. The van der Waals surface area contributed by atoms with Crippen LogP contribution < -0.4 is 10.1 Å². The summed E-state index contributed by atoms with van der Waals surface area (Å²) in [5.41, 5.74) is 0.441. The number of esters is 1. The van der Waals surface area contributed by atoms with Crippen LogP contribution >= 0.6 is 27.5 Å². The van der Waals surface area contributed by atoms with Crippen LogP contribution in [0.25, 0.3) is 0 Å². The molecule has 2 aromatic carbocycles. The molecule has 2 rings (SSSR count). The van der Waals surface area contributed by atoms with Crippen LogP contribution in [-0.4, -0.2) is 25.1 Å². The molecular weight excluding hydrogens is 386 g/mol. The summed E-state index contributed by atoms with van der Waals surface area (Å²) >= 11 is 9.25. The van der Waals surface area contributed by atoms with E-state index in [0.717, 1.165) is 4.47 Å². The minimum absolute atomic E-state index is 0.268. The van der Waals surface area contributed by atoms with Crippen LogP contribution in [0.1, 0.15) is 0 Å². The number of carbonyl (C=O) groups is 2. The predicted octanol–water partition coefficient (Wildman–Crippen LogP) is 3.66. The highest BCUT2D eigenvalue weighted by Crippen LogP contribution is 2.25. The van der Waals surface area contributed by atoms with Gasteiger partial charge in [0.25, 0.3) is 5.91 Å². The lowest BCUT2D eigenvalue weighted by molar-refractivity contribution is -0.149. The first kappa shape index (κ1) is 17.3. The molecule has 1 N–H and O–H groups in total. The normalized spacial score (nSPS) is 10.0. The molecule has 0 bridgehead atoms. The third kappa shape index (κ3) is 5.92. The lowest BCUT2D eigenvalue weighted by Gasteiger charge is -2.09. The van der Waals surface area contributed by atoms with Crippen LogP contribution in [0, 0.1) is 0 Å². The van der Waals surface area contributed by atoms with Crippen molar-refractivity contribution in [3.8, 4) is 5.75 Å². The first-order valence-corrected chi connectivity index (χ1v) is 7.80. The van der Waals surface area contributed by atoms with Crippen molar-refractivity contribution in [2.45, 2.75) is 0 Å². The molecule has 0 aromatic heterocycles. The Balaban J connectivity index is 1.74. The fourth-order valence-corrected chi connectivity index (χ4v) is 2.34. The minimum atomic E-state index is -0.633. The number of halogens is 2. The SMILES string of the molecule is O=C(COC(=O)COc1ccccc1)Nc1ccc(Br)cc1Cl. The van der Waals surface area contributed by atoms with Crippen LogP contribution in [0.4, 0.5) is 5.69 Å². The Bertz CT molecular complexity index is 694. The number of carbonyl (C=O) groups excluding carboxylic acids is 2. The Kier molecular flexibility index (Phi) is 6.43. The van der Waals surface area contributed by atoms with E-state index in [0.29, 0.717) is 16.5 Å². The number of rotatable bonds is 6. The molecule has 0 saturated heterocycles. The number of anilines is 1. The molecule has 0 radical (unpaired) electrons. The van der Waals surface area contributed by atoms with E-state index >= 15 is 0 Å². The third-order valence-corrected chi connectivity index (χ3v) is 3.48. The summed E-state index contributed by atoms with van der Waals surface area (Å²) in [7, 11) is 0. The zero-order valence-corrected chi connectivity index (χ0v) is 14.3. The molecule has 120 valence electrons. The average molecular weight is 399 g/mol. The van der Waals surface area contributed by atoms with Gasteiger partial charge >= 0.3 is 5.97 Å². The highest BCUT2D eigenvalue weighted by molar-refractivity contribution is 9.10. The van der Waals surface area contributed by atoms with Gasteiger partial charge < -0.3 is 14.8 Å². The van der Waals surface area contributed by atoms with Crippen LogP contribution in [-0.2, 0) is 14.3 Å². The summed E-state index contributed by atoms with van der Waals surface area (Å²) in [6.07, 6.45) is 0. The van der Waals surface area contributed by atoms with Crippen molar-refractivity contribution < 1.29 is 19.1 Å². The molecule has 0 saturated carbocycles. The van der Waals surface area contributed by atoms with E-state index < -0.39 is 18.5 Å². The van der Waals surface area contributed by atoms with Gasteiger partial charge in [0.1, 0.15) is 5.75 Å². The van der Waals surface area contributed by atoms with E-state index in [2.05, 4.69) is 21.2 Å². The maximum absolute atomic E-state index is 11.7. The van der Waals surface area contributed by atoms with Crippen LogP contribution in [0.5, 0.6) is 5.75 Å². The number of para-hydroxylation sites is 1. The molecule has 0 atom stereocenters. The molecule has 5 nitrogen and oxygen atoms in total. The summed E-state index contributed by atoms with van der Waals surface area (Å²) in [6.45, 7) is -0.681. The minimum Gasteiger partial charge on any atom is -0.482 e. The highest BCUT2D eigenvalue weighted by atomic mass is 79.9. The molecule has 2 aromatic rings. The van der Waals surface area contributed by atoms with Crippen molar-refractivity contribution in [2.24, 2.45) is 0 Å². The van der Waals surface area contributed by atoms with E-state index in [1.54, 1.807) is 42.5 Å². The van der Waals surface area contributed by atoms with Crippen LogP contribution in [0.2, 0.25) is 5.02 Å². The van der Waals surface area contributed by atoms with E-state index in [-0.39, 0.29) is 6.61 Å². The average Bonchev–Trinajstić information content (AvgIpc) is 2.54. The van der Waals surface area contributed by atoms with Crippen molar-refractivity contribution in [3.63, 3.8) is 0 Å². The Morgan fingerprint density at radius 1 is 1.09 bits per heavy atom. The third-order valence-electron chi connectivity index (χ3n) is 2.67. The second kappa shape index (κ2) is 8.55. The molecular formula is C16H13BrClNO4. The second-order valence-corrected chi connectivity index (χ2v) is 5.76. The second-order valence-electron chi connectivity index (χ2n) is 4.43. The molecule has 1 amide bonds. The number of ether oxygens (including phenoxy) is 2. The van der Waals surface area contributed by atoms with E-state index in [1.807, 2.05) is 6.07 Å². The molecule has 0 aliphatic rings. The van der Waals surface area contributed by atoms with Gasteiger partial charge in [-0.2, -0.15) is 0 Å². The summed E-state index contributed by atoms with van der Waals surface area (Å²) < 4.78 is 10.8. The van der Waals surface area contributed by atoms with Gasteiger partial charge in [-0.1, -0.05) is 45.7 Å². The lowest BCUT2D eigenvalue weighted by Crippen LogP contribution is -2.23. The van der Waals surface area contributed by atoms with Gasteiger partial charge in [0.2, 0.25) is 0 Å². The van der Waals surface area contributed by atoms with Crippen LogP contribution in [0.15, 0.2) is 53.0 Å². The van der Waals surface area contributed by atoms with Crippen molar-refractivity contribution in [1.29, 1.82) is 0 Å². The summed E-state index contributed by atoms with van der Waals surface area (Å²) in [6, 6.07) is 13.9. The molecule has 0 heterocycles. The maximum Gasteiger partial charge on any atom is 0.344 e. The lowest BCUT2D eigenvalue weighted by atomic mass is 10.3. The molecule has 0 aliphatic heterocycles. The zero-order chi connectivity index (χ0) is 16.7. The van der Waals surface area contributed by atoms with Gasteiger partial charge in [-0.05, 0) is 30.3 Å². The smallest absolute Gasteiger partial charge is 0.344 e. The summed E-state index contributed by atoms with van der Waals surface area (Å²) in [5.74, 6) is -0.566. The molecule has 0 fully saturated rings. The van der Waals surface area contributed by atoms with Crippen molar-refractivity contribution in [3.05, 3.63) is 58.0 Å². The van der Waals surface area contributed by atoms with Gasteiger partial charge in [0, 0.05) is 4.47 Å². The van der Waals surface area contributed by atoms with Crippen LogP contribution in [0.3, 0.4) is 0 Å². The van der Waals surface area contributed by atoms with E-state index in [1.165, 1.54) is 0 Å². The summed E-state index contributed by atoms with van der Waals surface area (Å²) in [4.78, 5) is 23.3. The fraction of sp³-hybridized carbons (Fsp3) is 0.125. The number of amides is 1. The van der Waals surface area contributed by atoms with Gasteiger partial charge in [-0.25, -0.2) is 4.79 Å². The largest absolute Gasteiger partial charge is 0.482 e. The number of nitrogens with one attached hydrogen (secondary N) is 1. The molecule has 23 heavy (non-hydrogen) atoms. The molecule has 0 aliphatic carbocycles. The van der Waals surface area contributed by atoms with Crippen molar-refractivity contribution in [2.75, 3.05) is 18.5 Å². The number of hydrogen-bond acceptors (Lipinski definition) is 4. The Morgan fingerprint density at radius 3 is 2.52 bits per heavy atom. The monoisotopic (exact) mass is 397 g/mol. The fourth-order valence-electron chi connectivity index (χ4n) is 1.62. The Hall–Kier alpha value is -2.05. The number of benzene rings is 2. The first-order chi connectivity index (χ1) is 11.0. The highest BCUT2D eigenvalue weighted by Gasteiger charge is 2.10. The first-order valence-electron chi connectivity index (χ1n) is 6.63. The van der Waals surface area contributed by atoms with Gasteiger partial charge in [0.15, 0.2) is 13.2 Å². The standard InChI is InChI=1S/C16H13BrClNO4/c17-11-6-7-14(13(18)8-11)19-15(20)9-23-16(21)10-22-12-4-2-1-3-5-12/h1-8H,9-10H2,(H,19,20). The van der Waals surface area contributed by atoms with Gasteiger partial charge in [-0.15, -0.1) is 0 Å². The molecule has 7 heteroatoms. The quantitative estimate of drug-likeness (QED) is 0.754. The zero-order valence-electron chi connectivity index (χ0n) is 11.9.